The molecular formula is C9H18N2. The van der Waals surface area contributed by atoms with E-state index in [1.165, 1.54) is 6.42 Å². The van der Waals surface area contributed by atoms with E-state index in [0.29, 0.717) is 5.92 Å². The molecule has 1 atom stereocenters. The normalized spacial score (nSPS) is 14.7. The van der Waals surface area contributed by atoms with Crippen molar-refractivity contribution in [2.45, 2.75) is 13.3 Å². The Morgan fingerprint density at radius 1 is 1.45 bits per heavy atom. The van der Waals surface area contributed by atoms with Crippen LogP contribution in [-0.4, -0.2) is 13.6 Å². The molecule has 0 spiro atoms. The highest BCUT2D eigenvalue weighted by Crippen LogP contribution is 2.01. The lowest BCUT2D eigenvalue weighted by molar-refractivity contribution is 0.611. The van der Waals surface area contributed by atoms with E-state index in [1.54, 1.807) is 6.20 Å². The van der Waals surface area contributed by atoms with Crippen LogP contribution in [0.4, 0.5) is 0 Å². The van der Waals surface area contributed by atoms with Crippen molar-refractivity contribution in [1.29, 1.82) is 0 Å². The smallest absolute Gasteiger partial charge is 0.00464 e. The number of allylic oxidation sites excluding steroid dienone is 3. The van der Waals surface area contributed by atoms with Crippen molar-refractivity contribution in [2.75, 3.05) is 13.6 Å². The summed E-state index contributed by atoms with van der Waals surface area (Å²) in [5, 5.41) is 3.11. The SMILES string of the molecule is CNCCC(C)/C=C\C=C/N. The van der Waals surface area contributed by atoms with Crippen molar-refractivity contribution in [3.8, 4) is 0 Å². The van der Waals surface area contributed by atoms with Crippen molar-refractivity contribution >= 4 is 0 Å². The average Bonchev–Trinajstić information content (AvgIpc) is 2.01. The fourth-order valence-corrected chi connectivity index (χ4v) is 0.786. The van der Waals surface area contributed by atoms with Crippen molar-refractivity contribution in [3.05, 3.63) is 24.4 Å². The standard InChI is InChI=1S/C9H18N2/c1-9(6-8-11-2)5-3-4-7-10/h3-5,7,9,11H,6,8,10H2,1-2H3/b5-3-,7-4-. The zero-order valence-electron chi connectivity index (χ0n) is 7.38. The Morgan fingerprint density at radius 3 is 2.73 bits per heavy atom. The van der Waals surface area contributed by atoms with Crippen LogP contribution < -0.4 is 11.1 Å². The van der Waals surface area contributed by atoms with Gasteiger partial charge in [0.1, 0.15) is 0 Å². The molecule has 0 heterocycles. The fraction of sp³-hybridized carbons (Fsp3) is 0.556. The summed E-state index contributed by atoms with van der Waals surface area (Å²) in [6, 6.07) is 0. The van der Waals surface area contributed by atoms with Gasteiger partial charge >= 0.3 is 0 Å². The zero-order chi connectivity index (χ0) is 8.53. The number of hydrogen-bond donors (Lipinski definition) is 2. The molecule has 11 heavy (non-hydrogen) atoms. The second-order valence-corrected chi connectivity index (χ2v) is 2.64. The molecule has 0 bridgehead atoms. The van der Waals surface area contributed by atoms with Crippen LogP contribution in [0, 0.1) is 5.92 Å². The molecule has 0 amide bonds. The van der Waals surface area contributed by atoms with Crippen molar-refractivity contribution in [2.24, 2.45) is 11.7 Å². The first-order valence-corrected chi connectivity index (χ1v) is 4.01. The van der Waals surface area contributed by atoms with Crippen LogP contribution in [0.3, 0.4) is 0 Å². The maximum Gasteiger partial charge on any atom is -0.00464 e. The maximum absolute atomic E-state index is 5.17. The number of rotatable bonds is 5. The van der Waals surface area contributed by atoms with E-state index in [1.807, 2.05) is 19.2 Å². The molecule has 64 valence electrons. The number of nitrogens with two attached hydrogens (primary N) is 1. The van der Waals surface area contributed by atoms with Gasteiger partial charge in [-0.1, -0.05) is 19.1 Å². The van der Waals surface area contributed by atoms with Gasteiger partial charge in [0, 0.05) is 0 Å². The van der Waals surface area contributed by atoms with Crippen LogP contribution in [0.2, 0.25) is 0 Å². The highest BCUT2D eigenvalue weighted by Gasteiger charge is 1.92. The molecule has 0 radical (unpaired) electrons. The Labute approximate surface area is 69.2 Å². The molecule has 0 aliphatic heterocycles. The minimum atomic E-state index is 0.624. The number of hydrogen-bond acceptors (Lipinski definition) is 2. The van der Waals surface area contributed by atoms with Gasteiger partial charge in [-0.15, -0.1) is 0 Å². The minimum Gasteiger partial charge on any atom is -0.405 e. The average molecular weight is 154 g/mol. The summed E-state index contributed by atoms with van der Waals surface area (Å²) in [6.45, 7) is 3.26. The molecule has 0 aromatic heterocycles. The van der Waals surface area contributed by atoms with Crippen molar-refractivity contribution in [3.63, 3.8) is 0 Å². The lowest BCUT2D eigenvalue weighted by atomic mass is 10.1. The third-order valence-corrected chi connectivity index (χ3v) is 1.51. The van der Waals surface area contributed by atoms with E-state index >= 15 is 0 Å². The van der Waals surface area contributed by atoms with Crippen LogP contribution in [0.15, 0.2) is 24.4 Å². The first-order valence-electron chi connectivity index (χ1n) is 4.01. The summed E-state index contributed by atoms with van der Waals surface area (Å²) in [4.78, 5) is 0. The van der Waals surface area contributed by atoms with Crippen LogP contribution in [-0.2, 0) is 0 Å². The molecule has 0 saturated heterocycles. The highest BCUT2D eigenvalue weighted by molar-refractivity contribution is 5.02. The molecule has 0 fully saturated rings. The Bertz CT molecular complexity index is 128. The van der Waals surface area contributed by atoms with Crippen LogP contribution in [0.5, 0.6) is 0 Å². The fourth-order valence-electron chi connectivity index (χ4n) is 0.786. The van der Waals surface area contributed by atoms with E-state index in [0.717, 1.165) is 6.54 Å². The molecule has 0 aromatic rings. The predicted molar refractivity (Wildman–Crippen MR) is 50.2 cm³/mol. The molecule has 3 N–H and O–H groups in total. The number of nitrogens with one attached hydrogen (secondary N) is 1. The maximum atomic E-state index is 5.17. The van der Waals surface area contributed by atoms with E-state index in [4.69, 9.17) is 5.73 Å². The molecule has 2 nitrogen and oxygen atoms in total. The topological polar surface area (TPSA) is 38.0 Å². The summed E-state index contributed by atoms with van der Waals surface area (Å²) in [6.07, 6.45) is 8.70. The summed E-state index contributed by atoms with van der Waals surface area (Å²) >= 11 is 0. The Morgan fingerprint density at radius 2 is 2.18 bits per heavy atom. The summed E-state index contributed by atoms with van der Waals surface area (Å²) in [5.41, 5.74) is 5.17. The van der Waals surface area contributed by atoms with Gasteiger partial charge in [-0.3, -0.25) is 0 Å². The predicted octanol–water partition coefficient (Wildman–Crippen LogP) is 1.26. The van der Waals surface area contributed by atoms with Gasteiger partial charge in [-0.25, -0.2) is 0 Å². The van der Waals surface area contributed by atoms with Gasteiger partial charge < -0.3 is 11.1 Å². The molecular weight excluding hydrogens is 136 g/mol. The van der Waals surface area contributed by atoms with E-state index in [2.05, 4.69) is 18.3 Å². The minimum absolute atomic E-state index is 0.624. The van der Waals surface area contributed by atoms with E-state index in [9.17, 15) is 0 Å². The third-order valence-electron chi connectivity index (χ3n) is 1.51. The lowest BCUT2D eigenvalue weighted by Gasteiger charge is -2.03. The van der Waals surface area contributed by atoms with Crippen molar-refractivity contribution < 1.29 is 0 Å². The zero-order valence-corrected chi connectivity index (χ0v) is 7.38. The summed E-state index contributed by atoms with van der Waals surface area (Å²) in [7, 11) is 1.97. The second-order valence-electron chi connectivity index (χ2n) is 2.64. The quantitative estimate of drug-likeness (QED) is 0.585. The first kappa shape index (κ1) is 10.2. The largest absolute Gasteiger partial charge is 0.405 e. The van der Waals surface area contributed by atoms with Gasteiger partial charge in [-0.05, 0) is 38.2 Å². The molecule has 1 unspecified atom stereocenters. The molecule has 0 saturated carbocycles. The lowest BCUT2D eigenvalue weighted by Crippen LogP contribution is -2.10. The molecule has 0 rings (SSSR count). The van der Waals surface area contributed by atoms with Gasteiger partial charge in [0.25, 0.3) is 0 Å². The van der Waals surface area contributed by atoms with Crippen LogP contribution in [0.25, 0.3) is 0 Å². The molecule has 0 aliphatic rings. The highest BCUT2D eigenvalue weighted by atomic mass is 14.8. The third kappa shape index (κ3) is 7.13. The Balaban J connectivity index is 3.42. The van der Waals surface area contributed by atoms with Gasteiger partial charge in [-0.2, -0.15) is 0 Å². The summed E-state index contributed by atoms with van der Waals surface area (Å²) < 4.78 is 0. The molecule has 2 heteroatoms. The monoisotopic (exact) mass is 154 g/mol. The van der Waals surface area contributed by atoms with Gasteiger partial charge in [0.2, 0.25) is 0 Å². The van der Waals surface area contributed by atoms with Gasteiger partial charge in [0.15, 0.2) is 0 Å². The van der Waals surface area contributed by atoms with E-state index in [-0.39, 0.29) is 0 Å². The first-order chi connectivity index (χ1) is 5.31. The van der Waals surface area contributed by atoms with E-state index < -0.39 is 0 Å². The Kier molecular flexibility index (Phi) is 6.84. The Hall–Kier alpha value is -0.760. The van der Waals surface area contributed by atoms with Crippen LogP contribution in [0.1, 0.15) is 13.3 Å². The summed E-state index contributed by atoms with van der Waals surface area (Å²) in [5.74, 6) is 0.624. The van der Waals surface area contributed by atoms with Crippen molar-refractivity contribution in [1.82, 2.24) is 5.32 Å². The molecule has 0 aliphatic carbocycles. The van der Waals surface area contributed by atoms with Gasteiger partial charge in [0.05, 0.1) is 0 Å². The second kappa shape index (κ2) is 7.35. The molecule has 0 aromatic carbocycles. The van der Waals surface area contributed by atoms with Crippen LogP contribution >= 0.6 is 0 Å².